The Bertz CT molecular complexity index is 723. The van der Waals surface area contributed by atoms with E-state index in [9.17, 15) is 18.3 Å². The zero-order valence-electron chi connectivity index (χ0n) is 14.5. The van der Waals surface area contributed by atoms with Crippen molar-refractivity contribution in [3.8, 4) is 0 Å². The van der Waals surface area contributed by atoms with Crippen LogP contribution in [-0.2, 0) is 14.6 Å². The largest absolute Gasteiger partial charge is 0.444 e. The van der Waals surface area contributed by atoms with Gasteiger partial charge in [0, 0.05) is 17.9 Å². The topological polar surface area (TPSA) is 92.7 Å². The number of carbonyl (C=O) groups is 1. The highest BCUT2D eigenvalue weighted by Crippen LogP contribution is 2.45. The van der Waals surface area contributed by atoms with Crippen molar-refractivity contribution in [2.75, 3.05) is 18.9 Å². The summed E-state index contributed by atoms with van der Waals surface area (Å²) in [5.41, 5.74) is -0.736. The fourth-order valence-electron chi connectivity index (χ4n) is 2.90. The van der Waals surface area contributed by atoms with Gasteiger partial charge in [0.15, 0.2) is 9.84 Å². The Labute approximate surface area is 143 Å². The highest BCUT2D eigenvalue weighted by molar-refractivity contribution is 7.91. The van der Waals surface area contributed by atoms with Gasteiger partial charge in [-0.25, -0.2) is 13.2 Å². The number of hydrogen-bond donors (Lipinski definition) is 2. The van der Waals surface area contributed by atoms with Crippen LogP contribution in [0.3, 0.4) is 0 Å². The summed E-state index contributed by atoms with van der Waals surface area (Å²) in [5, 5.41) is 12.5. The van der Waals surface area contributed by atoms with Gasteiger partial charge in [-0.05, 0) is 32.4 Å². The van der Waals surface area contributed by atoms with Crippen LogP contribution in [-0.4, -0.2) is 44.1 Å². The van der Waals surface area contributed by atoms with E-state index in [1.807, 2.05) is 0 Å². The molecule has 2 atom stereocenters. The molecule has 0 aromatic heterocycles. The Hall–Kier alpha value is -1.60. The minimum absolute atomic E-state index is 0.0700. The van der Waals surface area contributed by atoms with Crippen LogP contribution >= 0.6 is 0 Å². The van der Waals surface area contributed by atoms with Crippen LogP contribution < -0.4 is 5.32 Å². The number of alkyl carbamates (subject to hydrolysis) is 1. The first-order valence-corrected chi connectivity index (χ1v) is 9.53. The molecule has 0 aliphatic carbocycles. The Morgan fingerprint density at radius 2 is 1.92 bits per heavy atom. The van der Waals surface area contributed by atoms with E-state index >= 15 is 0 Å². The maximum absolute atomic E-state index is 12.4. The second kappa shape index (κ2) is 6.37. The summed E-state index contributed by atoms with van der Waals surface area (Å²) < 4.78 is 29.9. The third-order valence-corrected chi connectivity index (χ3v) is 6.07. The number of aliphatic hydroxyl groups excluding tert-OH is 1. The van der Waals surface area contributed by atoms with E-state index in [0.29, 0.717) is 10.5 Å². The van der Waals surface area contributed by atoms with Gasteiger partial charge >= 0.3 is 6.09 Å². The van der Waals surface area contributed by atoms with Crippen molar-refractivity contribution in [1.29, 1.82) is 0 Å². The molecule has 0 spiro atoms. The Balaban J connectivity index is 2.21. The molecule has 1 amide bonds. The zero-order chi connectivity index (χ0) is 18.2. The molecule has 6 nitrogen and oxygen atoms in total. The van der Waals surface area contributed by atoms with E-state index < -0.39 is 32.9 Å². The molecule has 0 saturated heterocycles. The van der Waals surface area contributed by atoms with Crippen LogP contribution in [0.15, 0.2) is 29.2 Å². The summed E-state index contributed by atoms with van der Waals surface area (Å²) in [5.74, 6) is -0.460. The summed E-state index contributed by atoms with van der Waals surface area (Å²) in [6.45, 7) is 6.92. The lowest BCUT2D eigenvalue weighted by Crippen LogP contribution is -2.44. The van der Waals surface area contributed by atoms with Crippen LogP contribution in [0.4, 0.5) is 4.79 Å². The van der Waals surface area contributed by atoms with E-state index in [0.717, 1.165) is 0 Å². The van der Waals surface area contributed by atoms with E-state index in [2.05, 4.69) is 5.32 Å². The van der Waals surface area contributed by atoms with Crippen molar-refractivity contribution in [3.05, 3.63) is 29.8 Å². The molecule has 0 bridgehead atoms. The fraction of sp³-hybridized carbons (Fsp3) is 0.588. The van der Waals surface area contributed by atoms with E-state index in [4.69, 9.17) is 4.74 Å². The molecule has 24 heavy (non-hydrogen) atoms. The molecule has 1 aliphatic heterocycles. The normalized spacial score (nSPS) is 21.6. The highest BCUT2D eigenvalue weighted by atomic mass is 32.2. The molecular weight excluding hydrogens is 330 g/mol. The summed E-state index contributed by atoms with van der Waals surface area (Å²) >= 11 is 0. The summed E-state index contributed by atoms with van der Waals surface area (Å²) in [7, 11) is -3.37. The average Bonchev–Trinajstić information content (AvgIpc) is 2.76. The molecule has 0 radical (unpaired) electrons. The highest BCUT2D eigenvalue weighted by Gasteiger charge is 2.45. The number of rotatable bonds is 4. The van der Waals surface area contributed by atoms with Crippen LogP contribution in [0.2, 0.25) is 0 Å². The van der Waals surface area contributed by atoms with Gasteiger partial charge in [-0.1, -0.05) is 25.1 Å². The Morgan fingerprint density at radius 1 is 1.29 bits per heavy atom. The summed E-state index contributed by atoms with van der Waals surface area (Å²) in [6, 6.07) is 6.83. The molecule has 134 valence electrons. The molecule has 2 N–H and O–H groups in total. The van der Waals surface area contributed by atoms with Crippen molar-refractivity contribution in [2.45, 2.75) is 44.1 Å². The number of amides is 1. The molecule has 1 aliphatic rings. The molecule has 1 heterocycles. The third-order valence-electron chi connectivity index (χ3n) is 4.25. The third kappa shape index (κ3) is 3.89. The summed E-state index contributed by atoms with van der Waals surface area (Å²) in [4.78, 5) is 12.2. The second-order valence-corrected chi connectivity index (χ2v) is 9.54. The predicted molar refractivity (Wildman–Crippen MR) is 90.7 cm³/mol. The molecule has 0 fully saturated rings. The van der Waals surface area contributed by atoms with Crippen molar-refractivity contribution < 1.29 is 23.1 Å². The lowest BCUT2D eigenvalue weighted by Gasteiger charge is -2.34. The Morgan fingerprint density at radius 3 is 2.50 bits per heavy atom. The minimum Gasteiger partial charge on any atom is -0.444 e. The summed E-state index contributed by atoms with van der Waals surface area (Å²) in [6.07, 6.45) is -0.587. The first-order valence-electron chi connectivity index (χ1n) is 7.88. The number of benzene rings is 1. The van der Waals surface area contributed by atoms with Crippen molar-refractivity contribution in [1.82, 2.24) is 5.32 Å². The molecule has 0 saturated carbocycles. The Kier molecular flexibility index (Phi) is 4.97. The molecule has 2 unspecified atom stereocenters. The molecule has 1 aromatic rings. The van der Waals surface area contributed by atoms with Gasteiger partial charge in [0.05, 0.1) is 17.3 Å². The number of nitrogens with one attached hydrogen (secondary N) is 1. The van der Waals surface area contributed by atoms with Crippen molar-refractivity contribution >= 4 is 15.9 Å². The number of aliphatic hydroxyl groups is 1. The first-order chi connectivity index (χ1) is 11.0. The van der Waals surface area contributed by atoms with Gasteiger partial charge in [0.25, 0.3) is 0 Å². The van der Waals surface area contributed by atoms with Crippen molar-refractivity contribution in [2.24, 2.45) is 5.41 Å². The maximum atomic E-state index is 12.4. The smallest absolute Gasteiger partial charge is 0.407 e. The standard InChI is InChI=1S/C17H25NO5S/c1-16(2,3)23-15(20)18-10-17(4,11-19)13-9-24(21,22)14-8-6-5-7-12(13)14/h5-8,13,19H,9-11H2,1-4H3,(H,18,20). The van der Waals surface area contributed by atoms with E-state index in [-0.39, 0.29) is 18.9 Å². The second-order valence-electron chi connectivity index (χ2n) is 7.54. The molecular formula is C17H25NO5S. The van der Waals surface area contributed by atoms with Gasteiger partial charge in [0.2, 0.25) is 0 Å². The van der Waals surface area contributed by atoms with E-state index in [1.54, 1.807) is 52.0 Å². The molecule has 1 aromatic carbocycles. The monoisotopic (exact) mass is 355 g/mol. The van der Waals surface area contributed by atoms with Crippen LogP contribution in [0.25, 0.3) is 0 Å². The number of sulfone groups is 1. The van der Waals surface area contributed by atoms with Crippen LogP contribution in [0.1, 0.15) is 39.2 Å². The first kappa shape index (κ1) is 18.7. The number of carbonyl (C=O) groups excluding carboxylic acids is 1. The average molecular weight is 355 g/mol. The quantitative estimate of drug-likeness (QED) is 0.863. The van der Waals surface area contributed by atoms with Gasteiger partial charge in [0.1, 0.15) is 5.60 Å². The number of fused-ring (bicyclic) bond motifs is 1. The predicted octanol–water partition coefficient (Wildman–Crippen LogP) is 2.08. The van der Waals surface area contributed by atoms with Gasteiger partial charge in [-0.2, -0.15) is 0 Å². The zero-order valence-corrected chi connectivity index (χ0v) is 15.3. The van der Waals surface area contributed by atoms with Crippen molar-refractivity contribution in [3.63, 3.8) is 0 Å². The SMILES string of the molecule is CC(C)(C)OC(=O)NCC(C)(CO)C1CS(=O)(=O)c2ccccc21. The molecule has 2 rings (SSSR count). The van der Waals surface area contributed by atoms with Gasteiger partial charge in [-0.3, -0.25) is 0 Å². The lowest BCUT2D eigenvalue weighted by molar-refractivity contribution is 0.0462. The van der Waals surface area contributed by atoms with Gasteiger partial charge < -0.3 is 15.2 Å². The fourth-order valence-corrected chi connectivity index (χ4v) is 4.96. The van der Waals surface area contributed by atoms with Crippen LogP contribution in [0.5, 0.6) is 0 Å². The minimum atomic E-state index is -3.37. The van der Waals surface area contributed by atoms with Crippen LogP contribution in [0, 0.1) is 5.41 Å². The molecule has 7 heteroatoms. The van der Waals surface area contributed by atoms with Gasteiger partial charge in [-0.15, -0.1) is 0 Å². The number of hydrogen-bond acceptors (Lipinski definition) is 5. The number of ether oxygens (including phenoxy) is 1. The van der Waals surface area contributed by atoms with E-state index in [1.165, 1.54) is 0 Å². The lowest BCUT2D eigenvalue weighted by atomic mass is 9.75. The maximum Gasteiger partial charge on any atom is 0.407 e.